The Morgan fingerprint density at radius 1 is 1.50 bits per heavy atom. The molecule has 0 atom stereocenters. The van der Waals surface area contributed by atoms with Crippen molar-refractivity contribution in [2.45, 2.75) is 32.7 Å². The fourth-order valence-electron chi connectivity index (χ4n) is 1.52. The summed E-state index contributed by atoms with van der Waals surface area (Å²) >= 11 is 5.94. The van der Waals surface area contributed by atoms with Gasteiger partial charge in [0.25, 0.3) is 0 Å². The van der Waals surface area contributed by atoms with E-state index in [1.807, 2.05) is 18.7 Å². The highest BCUT2D eigenvalue weighted by Crippen LogP contribution is 2.25. The van der Waals surface area contributed by atoms with Crippen LogP contribution in [-0.2, 0) is 6.42 Å². The van der Waals surface area contributed by atoms with E-state index in [0.29, 0.717) is 5.92 Å². The number of rotatable bonds is 5. The van der Waals surface area contributed by atoms with Crippen molar-refractivity contribution in [2.75, 3.05) is 0 Å². The predicted octanol–water partition coefficient (Wildman–Crippen LogP) is 4.27. The summed E-state index contributed by atoms with van der Waals surface area (Å²) < 4.78 is 5.65. The molecular formula is C13H18ClOSi. The smallest absolute Gasteiger partial charge is 0.388 e. The van der Waals surface area contributed by atoms with E-state index in [-0.39, 0.29) is 0 Å². The number of benzene rings is 1. The van der Waals surface area contributed by atoms with Gasteiger partial charge in [0.05, 0.1) is 0 Å². The van der Waals surface area contributed by atoms with E-state index in [1.165, 1.54) is 11.1 Å². The lowest BCUT2D eigenvalue weighted by Crippen LogP contribution is -2.10. The molecule has 1 aromatic rings. The van der Waals surface area contributed by atoms with Gasteiger partial charge in [0.15, 0.2) is 0 Å². The van der Waals surface area contributed by atoms with Gasteiger partial charge in [0, 0.05) is 0 Å². The minimum absolute atomic E-state index is 0.528. The molecule has 0 amide bonds. The first kappa shape index (κ1) is 13.3. The van der Waals surface area contributed by atoms with Crippen LogP contribution in [0.2, 0.25) is 6.55 Å². The van der Waals surface area contributed by atoms with Crippen LogP contribution in [0.5, 0.6) is 5.75 Å². The van der Waals surface area contributed by atoms with Gasteiger partial charge in [-0.2, -0.15) is 0 Å². The van der Waals surface area contributed by atoms with Gasteiger partial charge >= 0.3 is 8.35 Å². The van der Waals surface area contributed by atoms with Gasteiger partial charge in [0.1, 0.15) is 5.75 Å². The summed E-state index contributed by atoms with van der Waals surface area (Å²) in [4.78, 5) is 0. The Balaban J connectivity index is 3.03. The highest BCUT2D eigenvalue weighted by molar-refractivity contribution is 7.02. The van der Waals surface area contributed by atoms with Gasteiger partial charge in [-0.1, -0.05) is 32.1 Å². The van der Waals surface area contributed by atoms with Crippen molar-refractivity contribution >= 4 is 19.4 Å². The summed E-state index contributed by atoms with van der Waals surface area (Å²) in [5, 5.41) is 0. The number of hydrogen-bond donors (Lipinski definition) is 0. The van der Waals surface area contributed by atoms with Crippen LogP contribution < -0.4 is 4.43 Å². The Morgan fingerprint density at radius 2 is 2.19 bits per heavy atom. The second-order valence-corrected chi connectivity index (χ2v) is 6.83. The molecule has 0 aromatic heterocycles. The van der Waals surface area contributed by atoms with Crippen LogP contribution in [0.3, 0.4) is 0 Å². The summed E-state index contributed by atoms with van der Waals surface area (Å²) in [7, 11) is -1.22. The summed E-state index contributed by atoms with van der Waals surface area (Å²) in [6.07, 6.45) is 2.71. The fraction of sp³-hybridized carbons (Fsp3) is 0.385. The third-order valence-corrected chi connectivity index (χ3v) is 3.10. The topological polar surface area (TPSA) is 9.23 Å². The minimum atomic E-state index is -1.22. The maximum absolute atomic E-state index is 5.94. The monoisotopic (exact) mass is 253 g/mol. The van der Waals surface area contributed by atoms with Gasteiger partial charge in [0.2, 0.25) is 0 Å². The van der Waals surface area contributed by atoms with Crippen LogP contribution >= 0.6 is 11.1 Å². The average molecular weight is 254 g/mol. The van der Waals surface area contributed by atoms with Crippen molar-refractivity contribution in [3.8, 4) is 5.75 Å². The molecule has 16 heavy (non-hydrogen) atoms. The minimum Gasteiger partial charge on any atom is -0.528 e. The first-order chi connectivity index (χ1) is 7.54. The third-order valence-electron chi connectivity index (χ3n) is 2.37. The molecule has 0 spiro atoms. The lowest BCUT2D eigenvalue weighted by atomic mass is 9.99. The Bertz CT molecular complexity index is 361. The van der Waals surface area contributed by atoms with E-state index in [0.717, 1.165) is 12.2 Å². The number of halogens is 1. The lowest BCUT2D eigenvalue weighted by molar-refractivity contribution is 0.584. The quantitative estimate of drug-likeness (QED) is 0.433. The van der Waals surface area contributed by atoms with Gasteiger partial charge in [-0.3, -0.25) is 0 Å². The molecule has 0 N–H and O–H groups in total. The second kappa shape index (κ2) is 6.11. The zero-order chi connectivity index (χ0) is 12.1. The van der Waals surface area contributed by atoms with E-state index >= 15 is 0 Å². The van der Waals surface area contributed by atoms with Gasteiger partial charge in [-0.05, 0) is 36.1 Å². The Kier molecular flexibility index (Phi) is 5.09. The van der Waals surface area contributed by atoms with Gasteiger partial charge in [-0.15, -0.1) is 17.7 Å². The summed E-state index contributed by atoms with van der Waals surface area (Å²) in [5.74, 6) is 1.43. The Hall–Kier alpha value is -0.733. The highest BCUT2D eigenvalue weighted by Gasteiger charge is 2.10. The first-order valence-electron chi connectivity index (χ1n) is 5.45. The van der Waals surface area contributed by atoms with Crippen molar-refractivity contribution in [3.63, 3.8) is 0 Å². The first-order valence-corrected chi connectivity index (χ1v) is 8.37. The SMILES string of the molecule is C=CCc1cc(C(C)C)ccc1O[Si](C)Cl. The number of hydrogen-bond acceptors (Lipinski definition) is 1. The largest absolute Gasteiger partial charge is 0.528 e. The molecule has 0 unspecified atom stereocenters. The van der Waals surface area contributed by atoms with E-state index in [1.54, 1.807) is 0 Å². The highest BCUT2D eigenvalue weighted by atomic mass is 35.6. The van der Waals surface area contributed by atoms with Gasteiger partial charge < -0.3 is 4.43 Å². The van der Waals surface area contributed by atoms with E-state index in [4.69, 9.17) is 15.5 Å². The van der Waals surface area contributed by atoms with E-state index in [9.17, 15) is 0 Å². The van der Waals surface area contributed by atoms with E-state index in [2.05, 4.69) is 32.6 Å². The molecule has 87 valence electrons. The molecular weight excluding hydrogens is 236 g/mol. The van der Waals surface area contributed by atoms with Crippen LogP contribution in [0.25, 0.3) is 0 Å². The third kappa shape index (κ3) is 3.69. The normalized spacial score (nSPS) is 10.9. The average Bonchev–Trinajstić information content (AvgIpc) is 2.20. The van der Waals surface area contributed by atoms with Crippen molar-refractivity contribution in [1.29, 1.82) is 0 Å². The maximum Gasteiger partial charge on any atom is 0.388 e. The Labute approximate surface area is 105 Å². The van der Waals surface area contributed by atoms with Crippen molar-refractivity contribution in [2.24, 2.45) is 0 Å². The predicted molar refractivity (Wildman–Crippen MR) is 72.5 cm³/mol. The van der Waals surface area contributed by atoms with Crippen LogP contribution in [0.15, 0.2) is 30.9 Å². The summed E-state index contributed by atoms with van der Waals surface area (Å²) in [6.45, 7) is 10.1. The van der Waals surface area contributed by atoms with E-state index < -0.39 is 8.35 Å². The molecule has 0 aliphatic rings. The molecule has 3 heteroatoms. The molecule has 0 saturated heterocycles. The molecule has 0 heterocycles. The maximum atomic E-state index is 5.94. The molecule has 0 saturated carbocycles. The zero-order valence-corrected chi connectivity index (χ0v) is 11.8. The van der Waals surface area contributed by atoms with Crippen LogP contribution in [0.4, 0.5) is 0 Å². The molecule has 0 aliphatic heterocycles. The summed E-state index contributed by atoms with van der Waals surface area (Å²) in [5.41, 5.74) is 2.50. The van der Waals surface area contributed by atoms with Crippen LogP contribution in [-0.4, -0.2) is 8.35 Å². The lowest BCUT2D eigenvalue weighted by Gasteiger charge is -2.14. The molecule has 0 aliphatic carbocycles. The zero-order valence-electron chi connectivity index (χ0n) is 10.1. The molecule has 1 aromatic carbocycles. The van der Waals surface area contributed by atoms with Crippen molar-refractivity contribution in [1.82, 2.24) is 0 Å². The Morgan fingerprint density at radius 3 is 2.69 bits per heavy atom. The van der Waals surface area contributed by atoms with Crippen LogP contribution in [0, 0.1) is 0 Å². The van der Waals surface area contributed by atoms with Gasteiger partial charge in [-0.25, -0.2) is 0 Å². The fourth-order valence-corrected chi connectivity index (χ4v) is 2.28. The molecule has 1 radical (unpaired) electrons. The molecule has 1 nitrogen and oxygen atoms in total. The molecule has 1 rings (SSSR count). The summed E-state index contributed by atoms with van der Waals surface area (Å²) in [6, 6.07) is 6.31. The van der Waals surface area contributed by atoms with Crippen molar-refractivity contribution < 1.29 is 4.43 Å². The molecule has 0 bridgehead atoms. The molecule has 0 fully saturated rings. The van der Waals surface area contributed by atoms with Crippen molar-refractivity contribution in [3.05, 3.63) is 42.0 Å². The van der Waals surface area contributed by atoms with Crippen LogP contribution in [0.1, 0.15) is 30.9 Å². The second-order valence-electron chi connectivity index (χ2n) is 4.09. The number of allylic oxidation sites excluding steroid dienone is 1. The standard InChI is InChI=1S/C13H18ClOSi/c1-5-6-12-9-11(10(2)3)7-8-13(12)15-16(4)14/h5,7-10H,1,6H2,2-4H3.